The molecule has 0 bridgehead atoms. The molecule has 1 aliphatic rings. The lowest BCUT2D eigenvalue weighted by Gasteiger charge is -2.35. The molecule has 0 aliphatic heterocycles. The predicted octanol–water partition coefficient (Wildman–Crippen LogP) is 2.03. The lowest BCUT2D eigenvalue weighted by molar-refractivity contribution is 0.0262. The second-order valence-electron chi connectivity index (χ2n) is 6.13. The van der Waals surface area contributed by atoms with Crippen LogP contribution in [0.1, 0.15) is 31.4 Å². The summed E-state index contributed by atoms with van der Waals surface area (Å²) in [5, 5.41) is 9.31. The molecule has 2 rings (SSSR count). The van der Waals surface area contributed by atoms with E-state index >= 15 is 0 Å². The molecule has 1 saturated carbocycles. The van der Waals surface area contributed by atoms with E-state index in [9.17, 15) is 5.11 Å². The highest BCUT2D eigenvalue weighted by atomic mass is 16.3. The van der Waals surface area contributed by atoms with Gasteiger partial charge in [0.05, 0.1) is 6.10 Å². The third-order valence-electron chi connectivity index (χ3n) is 4.18. The van der Waals surface area contributed by atoms with Gasteiger partial charge in [-0.1, -0.05) is 37.3 Å². The smallest absolute Gasteiger partial charge is 0.0546 e. The summed E-state index contributed by atoms with van der Waals surface area (Å²) >= 11 is 0. The highest BCUT2D eigenvalue weighted by Crippen LogP contribution is 2.28. The molecule has 106 valence electrons. The van der Waals surface area contributed by atoms with Gasteiger partial charge in [-0.05, 0) is 37.3 Å². The van der Waals surface area contributed by atoms with E-state index in [2.05, 4.69) is 31.0 Å². The summed E-state index contributed by atoms with van der Waals surface area (Å²) in [5.74, 6) is 1.09. The van der Waals surface area contributed by atoms with Crippen LogP contribution in [0.3, 0.4) is 0 Å². The van der Waals surface area contributed by atoms with Gasteiger partial charge in [0.1, 0.15) is 0 Å². The van der Waals surface area contributed by atoms with Crippen LogP contribution >= 0.6 is 0 Å². The Bertz CT molecular complexity index is 376. The number of rotatable bonds is 6. The fourth-order valence-electron chi connectivity index (χ4n) is 2.97. The van der Waals surface area contributed by atoms with Crippen molar-refractivity contribution >= 4 is 0 Å². The molecule has 1 aromatic rings. The molecule has 2 atom stereocenters. The number of aliphatic hydroxyl groups excluding tert-OH is 1. The Hall–Kier alpha value is -0.900. The van der Waals surface area contributed by atoms with Crippen molar-refractivity contribution in [3.05, 3.63) is 35.9 Å². The standard InChI is InChI=1S/C16H26N2O/c1-12(16(17)14-6-4-3-5-7-14)10-18(2)11-13-8-15(19)9-13/h3-7,12-13,15-16,19H,8-11,17H2,1-2H3. The van der Waals surface area contributed by atoms with E-state index in [1.165, 1.54) is 5.56 Å². The zero-order valence-corrected chi connectivity index (χ0v) is 12.0. The molecule has 3 nitrogen and oxygen atoms in total. The van der Waals surface area contributed by atoms with Gasteiger partial charge in [0.2, 0.25) is 0 Å². The first-order chi connectivity index (χ1) is 9.06. The van der Waals surface area contributed by atoms with E-state index in [-0.39, 0.29) is 12.1 Å². The highest BCUT2D eigenvalue weighted by molar-refractivity contribution is 5.19. The minimum Gasteiger partial charge on any atom is -0.393 e. The fourth-order valence-corrected chi connectivity index (χ4v) is 2.97. The average Bonchev–Trinajstić information content (AvgIpc) is 2.37. The Morgan fingerprint density at radius 2 is 1.95 bits per heavy atom. The minimum atomic E-state index is -0.0533. The first-order valence-electron chi connectivity index (χ1n) is 7.23. The van der Waals surface area contributed by atoms with Gasteiger partial charge in [0.25, 0.3) is 0 Å². The number of hydrogen-bond donors (Lipinski definition) is 2. The Labute approximate surface area is 116 Å². The Morgan fingerprint density at radius 3 is 2.53 bits per heavy atom. The van der Waals surface area contributed by atoms with Crippen molar-refractivity contribution in [3.63, 3.8) is 0 Å². The molecule has 0 aromatic heterocycles. The summed E-state index contributed by atoms with van der Waals surface area (Å²) in [6.07, 6.45) is 1.87. The van der Waals surface area contributed by atoms with Crippen molar-refractivity contribution < 1.29 is 5.11 Å². The zero-order chi connectivity index (χ0) is 13.8. The van der Waals surface area contributed by atoms with Crippen LogP contribution in [0.25, 0.3) is 0 Å². The van der Waals surface area contributed by atoms with E-state index in [4.69, 9.17) is 5.73 Å². The number of benzene rings is 1. The third-order valence-corrected chi connectivity index (χ3v) is 4.18. The summed E-state index contributed by atoms with van der Waals surface area (Å²) in [6.45, 7) is 4.29. The van der Waals surface area contributed by atoms with E-state index in [1.54, 1.807) is 0 Å². The molecule has 3 N–H and O–H groups in total. The van der Waals surface area contributed by atoms with Crippen molar-refractivity contribution in [2.45, 2.75) is 31.9 Å². The molecule has 3 heteroatoms. The van der Waals surface area contributed by atoms with Gasteiger partial charge in [-0.3, -0.25) is 0 Å². The molecule has 19 heavy (non-hydrogen) atoms. The number of hydrogen-bond acceptors (Lipinski definition) is 3. The van der Waals surface area contributed by atoms with Crippen LogP contribution in [0.4, 0.5) is 0 Å². The van der Waals surface area contributed by atoms with E-state index in [1.807, 2.05) is 18.2 Å². The van der Waals surface area contributed by atoms with Gasteiger partial charge < -0.3 is 15.7 Å². The van der Waals surface area contributed by atoms with Crippen LogP contribution in [0.2, 0.25) is 0 Å². The molecule has 1 aliphatic carbocycles. The van der Waals surface area contributed by atoms with Crippen molar-refractivity contribution in [1.29, 1.82) is 0 Å². The third kappa shape index (κ3) is 4.03. The summed E-state index contributed by atoms with van der Waals surface area (Å²) in [7, 11) is 2.15. The lowest BCUT2D eigenvalue weighted by Crippen LogP contribution is -2.39. The summed E-state index contributed by atoms with van der Waals surface area (Å²) < 4.78 is 0. The minimum absolute atomic E-state index is 0.0533. The Kier molecular flexibility index (Phi) is 4.97. The molecule has 0 spiro atoms. The van der Waals surface area contributed by atoms with Gasteiger partial charge in [-0.2, -0.15) is 0 Å². The van der Waals surface area contributed by atoms with Crippen molar-refractivity contribution in [3.8, 4) is 0 Å². The number of nitrogens with two attached hydrogens (primary N) is 1. The second kappa shape index (κ2) is 6.51. The van der Waals surface area contributed by atoms with Gasteiger partial charge in [0.15, 0.2) is 0 Å². The molecule has 0 amide bonds. The highest BCUT2D eigenvalue weighted by Gasteiger charge is 2.28. The topological polar surface area (TPSA) is 49.5 Å². The SMILES string of the molecule is CC(CN(C)CC1CC(O)C1)C(N)c1ccccc1. The van der Waals surface area contributed by atoms with Gasteiger partial charge in [-0.25, -0.2) is 0 Å². The fraction of sp³-hybridized carbons (Fsp3) is 0.625. The van der Waals surface area contributed by atoms with Crippen molar-refractivity contribution in [2.24, 2.45) is 17.6 Å². The Balaban J connectivity index is 1.78. The first kappa shape index (κ1) is 14.5. The van der Waals surface area contributed by atoms with Crippen LogP contribution in [0.5, 0.6) is 0 Å². The molecule has 2 unspecified atom stereocenters. The van der Waals surface area contributed by atoms with Crippen molar-refractivity contribution in [1.82, 2.24) is 4.90 Å². The van der Waals surface area contributed by atoms with Crippen molar-refractivity contribution in [2.75, 3.05) is 20.1 Å². The van der Waals surface area contributed by atoms with Crippen LogP contribution in [0, 0.1) is 11.8 Å². The van der Waals surface area contributed by atoms with Gasteiger partial charge >= 0.3 is 0 Å². The van der Waals surface area contributed by atoms with E-state index in [0.717, 1.165) is 25.9 Å². The van der Waals surface area contributed by atoms with Gasteiger partial charge in [0, 0.05) is 19.1 Å². The van der Waals surface area contributed by atoms with E-state index in [0.29, 0.717) is 11.8 Å². The quantitative estimate of drug-likeness (QED) is 0.824. The molecule has 0 radical (unpaired) electrons. The molecule has 0 heterocycles. The molecule has 1 aromatic carbocycles. The summed E-state index contributed by atoms with van der Waals surface area (Å²) in [4.78, 5) is 2.35. The van der Waals surface area contributed by atoms with Crippen LogP contribution in [-0.2, 0) is 0 Å². The van der Waals surface area contributed by atoms with E-state index < -0.39 is 0 Å². The van der Waals surface area contributed by atoms with Gasteiger partial charge in [-0.15, -0.1) is 0 Å². The Morgan fingerprint density at radius 1 is 1.32 bits per heavy atom. The summed E-state index contributed by atoms with van der Waals surface area (Å²) in [6, 6.07) is 10.4. The summed E-state index contributed by atoms with van der Waals surface area (Å²) in [5.41, 5.74) is 7.53. The lowest BCUT2D eigenvalue weighted by atomic mass is 9.82. The normalized spacial score (nSPS) is 25.9. The van der Waals surface area contributed by atoms with Crippen LogP contribution in [-0.4, -0.2) is 36.2 Å². The first-order valence-corrected chi connectivity index (χ1v) is 7.23. The van der Waals surface area contributed by atoms with Crippen LogP contribution in [0.15, 0.2) is 30.3 Å². The maximum absolute atomic E-state index is 9.31. The maximum Gasteiger partial charge on any atom is 0.0546 e. The molecular weight excluding hydrogens is 236 g/mol. The number of aliphatic hydroxyl groups is 1. The van der Waals surface area contributed by atoms with Crippen LogP contribution < -0.4 is 5.73 Å². The monoisotopic (exact) mass is 262 g/mol. The predicted molar refractivity (Wildman–Crippen MR) is 78.8 cm³/mol. The molecule has 1 fully saturated rings. The maximum atomic E-state index is 9.31. The molecule has 0 saturated heterocycles. The largest absolute Gasteiger partial charge is 0.393 e. The average molecular weight is 262 g/mol. The second-order valence-corrected chi connectivity index (χ2v) is 6.13. The zero-order valence-electron chi connectivity index (χ0n) is 12.0. The molecular formula is C16H26N2O. The number of nitrogens with zero attached hydrogens (tertiary/aromatic N) is 1.